The number of benzene rings is 3. The zero-order valence-electron chi connectivity index (χ0n) is 24.9. The van der Waals surface area contributed by atoms with Crippen LogP contribution in [0.3, 0.4) is 0 Å². The molecule has 3 aromatic carbocycles. The van der Waals surface area contributed by atoms with Crippen molar-refractivity contribution in [1.29, 1.82) is 0 Å². The van der Waals surface area contributed by atoms with Crippen molar-refractivity contribution in [3.8, 4) is 34.0 Å². The summed E-state index contributed by atoms with van der Waals surface area (Å²) >= 11 is 0. The molecule has 0 bridgehead atoms. The third kappa shape index (κ3) is 10.4. The number of unbranched alkanes of at least 4 members (excludes halogenated alkanes) is 4. The minimum atomic E-state index is -4.85. The van der Waals surface area contributed by atoms with Gasteiger partial charge < -0.3 is 14.6 Å². The second-order valence-electron chi connectivity index (χ2n) is 10.7. The van der Waals surface area contributed by atoms with Crippen molar-refractivity contribution < 1.29 is 37.3 Å². The Hall–Kier alpha value is -4.73. The lowest BCUT2D eigenvalue weighted by molar-refractivity contribution is -0.274. The van der Waals surface area contributed by atoms with Crippen LogP contribution in [0.25, 0.3) is 22.5 Å². The van der Waals surface area contributed by atoms with E-state index in [9.17, 15) is 27.9 Å². The van der Waals surface area contributed by atoms with Gasteiger partial charge in [-0.05, 0) is 60.4 Å². The number of carbonyl (C=O) groups is 2. The number of ether oxygens (including phenoxy) is 2. The van der Waals surface area contributed by atoms with E-state index in [1.807, 2.05) is 24.3 Å². The Balaban J connectivity index is 1.31. The number of rotatable bonds is 16. The molecule has 10 heteroatoms. The van der Waals surface area contributed by atoms with Crippen LogP contribution in [0.2, 0.25) is 0 Å². The summed E-state index contributed by atoms with van der Waals surface area (Å²) in [5.41, 5.74) is 3.37. The SMILES string of the molecule is CCCCCCCOc1ccc(-c2cnc(-c3ccc(C[C@H](CC(=O)c4ccc(OC(F)(F)F)cc4)C(=O)O)cc3)nc2)cc1. The van der Waals surface area contributed by atoms with Gasteiger partial charge in [-0.2, -0.15) is 0 Å². The molecular weight excluding hydrogens is 585 g/mol. The van der Waals surface area contributed by atoms with Gasteiger partial charge >= 0.3 is 12.3 Å². The van der Waals surface area contributed by atoms with E-state index in [4.69, 9.17) is 4.74 Å². The fourth-order valence-corrected chi connectivity index (χ4v) is 4.77. The van der Waals surface area contributed by atoms with Crippen LogP contribution >= 0.6 is 0 Å². The van der Waals surface area contributed by atoms with E-state index in [1.165, 1.54) is 37.8 Å². The van der Waals surface area contributed by atoms with Crippen molar-refractivity contribution in [1.82, 2.24) is 9.97 Å². The number of carboxylic acids is 1. The molecule has 0 aliphatic rings. The van der Waals surface area contributed by atoms with Gasteiger partial charge in [-0.15, -0.1) is 13.2 Å². The summed E-state index contributed by atoms with van der Waals surface area (Å²) in [6, 6.07) is 19.3. The van der Waals surface area contributed by atoms with E-state index >= 15 is 0 Å². The van der Waals surface area contributed by atoms with Gasteiger partial charge in [0.2, 0.25) is 0 Å². The summed E-state index contributed by atoms with van der Waals surface area (Å²) in [6.07, 6.45) is 4.36. The van der Waals surface area contributed by atoms with E-state index < -0.39 is 29.8 Å². The molecule has 45 heavy (non-hydrogen) atoms. The molecule has 1 heterocycles. The van der Waals surface area contributed by atoms with Crippen LogP contribution in [-0.2, 0) is 11.2 Å². The Kier molecular flexibility index (Phi) is 11.7. The molecule has 4 aromatic rings. The first kappa shape index (κ1) is 33.2. The number of hydrogen-bond acceptors (Lipinski definition) is 6. The molecule has 1 atom stereocenters. The number of carboxylic acid groups (broad SMARTS) is 1. The smallest absolute Gasteiger partial charge is 0.494 e. The molecule has 1 aromatic heterocycles. The third-order valence-electron chi connectivity index (χ3n) is 7.24. The first-order valence-electron chi connectivity index (χ1n) is 14.9. The number of aromatic nitrogens is 2. The normalized spacial score (nSPS) is 12.0. The third-order valence-corrected chi connectivity index (χ3v) is 7.24. The molecule has 0 fully saturated rings. The van der Waals surface area contributed by atoms with Gasteiger partial charge in [-0.3, -0.25) is 9.59 Å². The lowest BCUT2D eigenvalue weighted by Gasteiger charge is -2.13. The van der Waals surface area contributed by atoms with Gasteiger partial charge in [-0.25, -0.2) is 9.97 Å². The van der Waals surface area contributed by atoms with Crippen molar-refractivity contribution in [2.24, 2.45) is 5.92 Å². The van der Waals surface area contributed by atoms with E-state index in [0.717, 1.165) is 41.0 Å². The summed E-state index contributed by atoms with van der Waals surface area (Å²) in [6.45, 7) is 2.90. The molecule has 0 amide bonds. The van der Waals surface area contributed by atoms with Gasteiger partial charge in [0.1, 0.15) is 11.5 Å². The monoisotopic (exact) mass is 620 g/mol. The van der Waals surface area contributed by atoms with Crippen LogP contribution in [0, 0.1) is 5.92 Å². The molecule has 0 spiro atoms. The lowest BCUT2D eigenvalue weighted by atomic mass is 9.92. The number of carbonyl (C=O) groups excluding carboxylic acids is 1. The van der Waals surface area contributed by atoms with Crippen molar-refractivity contribution in [3.63, 3.8) is 0 Å². The summed E-state index contributed by atoms with van der Waals surface area (Å²) in [4.78, 5) is 33.6. The fraction of sp³-hybridized carbons (Fsp3) is 0.314. The number of halogens is 3. The second-order valence-corrected chi connectivity index (χ2v) is 10.7. The highest BCUT2D eigenvalue weighted by Gasteiger charge is 2.31. The van der Waals surface area contributed by atoms with E-state index in [1.54, 1.807) is 36.7 Å². The van der Waals surface area contributed by atoms with Crippen molar-refractivity contribution in [2.45, 2.75) is 58.2 Å². The fourth-order valence-electron chi connectivity index (χ4n) is 4.77. The number of Topliss-reactive ketones (excluding diaryl/α,β-unsaturated/α-hetero) is 1. The van der Waals surface area contributed by atoms with Crippen LogP contribution in [-0.4, -0.2) is 39.8 Å². The topological polar surface area (TPSA) is 98.6 Å². The van der Waals surface area contributed by atoms with Crippen LogP contribution in [0.5, 0.6) is 11.5 Å². The number of alkyl halides is 3. The summed E-state index contributed by atoms with van der Waals surface area (Å²) in [7, 11) is 0. The Morgan fingerprint density at radius 3 is 1.98 bits per heavy atom. The molecular formula is C35H35F3N2O5. The summed E-state index contributed by atoms with van der Waals surface area (Å²) < 4.78 is 46.8. The number of hydrogen-bond donors (Lipinski definition) is 1. The first-order valence-corrected chi connectivity index (χ1v) is 14.9. The average Bonchev–Trinajstić information content (AvgIpc) is 3.02. The van der Waals surface area contributed by atoms with Gasteiger partial charge in [0.05, 0.1) is 12.5 Å². The second kappa shape index (κ2) is 15.8. The van der Waals surface area contributed by atoms with Gasteiger partial charge in [0, 0.05) is 35.5 Å². The maximum absolute atomic E-state index is 12.7. The lowest BCUT2D eigenvalue weighted by Crippen LogP contribution is -2.20. The molecule has 0 saturated carbocycles. The maximum atomic E-state index is 12.7. The van der Waals surface area contributed by atoms with Crippen molar-refractivity contribution in [2.75, 3.05) is 6.61 Å². The predicted molar refractivity (Wildman–Crippen MR) is 164 cm³/mol. The number of aliphatic carboxylic acids is 1. The highest BCUT2D eigenvalue weighted by Crippen LogP contribution is 2.26. The zero-order valence-corrected chi connectivity index (χ0v) is 24.9. The zero-order chi connectivity index (χ0) is 32.2. The quantitative estimate of drug-likeness (QED) is 0.0990. The summed E-state index contributed by atoms with van der Waals surface area (Å²) in [5, 5.41) is 9.72. The molecule has 0 aliphatic carbocycles. The minimum absolute atomic E-state index is 0.0922. The number of ketones is 1. The van der Waals surface area contributed by atoms with Crippen molar-refractivity contribution >= 4 is 11.8 Å². The molecule has 0 aliphatic heterocycles. The molecule has 7 nitrogen and oxygen atoms in total. The Morgan fingerprint density at radius 2 is 1.38 bits per heavy atom. The van der Waals surface area contributed by atoms with E-state index in [2.05, 4.69) is 21.6 Å². The van der Waals surface area contributed by atoms with Gasteiger partial charge in [0.15, 0.2) is 11.6 Å². The summed E-state index contributed by atoms with van der Waals surface area (Å²) in [5.74, 6) is -1.79. The predicted octanol–water partition coefficient (Wildman–Crippen LogP) is 8.57. The van der Waals surface area contributed by atoms with Crippen LogP contribution in [0.15, 0.2) is 85.2 Å². The first-order chi connectivity index (χ1) is 21.6. The standard InChI is InChI=1S/C35H35F3N2O5/c1-2-3-4-5-6-19-44-30-15-11-25(12-16-30)29-22-39-33(40-23-29)27-9-7-24(8-10-27)20-28(34(42)43)21-32(41)26-13-17-31(18-14-26)45-35(36,37)38/h7-18,22-23,28H,2-6,19-21H2,1H3,(H,42,43)/t28-/m1/s1. The Labute approximate surface area is 260 Å². The molecule has 1 N–H and O–H groups in total. The molecule has 0 radical (unpaired) electrons. The largest absolute Gasteiger partial charge is 0.573 e. The highest BCUT2D eigenvalue weighted by molar-refractivity contribution is 5.98. The highest BCUT2D eigenvalue weighted by atomic mass is 19.4. The molecule has 0 saturated heterocycles. The van der Waals surface area contributed by atoms with Crippen molar-refractivity contribution in [3.05, 3.63) is 96.3 Å². The van der Waals surface area contributed by atoms with Crippen LogP contribution < -0.4 is 9.47 Å². The Morgan fingerprint density at radius 1 is 0.778 bits per heavy atom. The van der Waals surface area contributed by atoms with Crippen LogP contribution in [0.1, 0.15) is 61.4 Å². The van der Waals surface area contributed by atoms with E-state index in [-0.39, 0.29) is 18.4 Å². The minimum Gasteiger partial charge on any atom is -0.494 e. The molecule has 236 valence electrons. The van der Waals surface area contributed by atoms with Crippen LogP contribution in [0.4, 0.5) is 13.2 Å². The van der Waals surface area contributed by atoms with Gasteiger partial charge in [0.25, 0.3) is 0 Å². The molecule has 4 rings (SSSR count). The molecule has 0 unspecified atom stereocenters. The van der Waals surface area contributed by atoms with Gasteiger partial charge in [-0.1, -0.05) is 69.0 Å². The number of nitrogens with zero attached hydrogens (tertiary/aromatic N) is 2. The maximum Gasteiger partial charge on any atom is 0.573 e. The van der Waals surface area contributed by atoms with E-state index in [0.29, 0.717) is 18.0 Å². The Bertz CT molecular complexity index is 1520. The average molecular weight is 621 g/mol.